The lowest BCUT2D eigenvalue weighted by Gasteiger charge is -2.14. The molecule has 0 aliphatic rings. The summed E-state index contributed by atoms with van der Waals surface area (Å²) in [6.45, 7) is 2.40. The molecule has 3 aromatic carbocycles. The van der Waals surface area contributed by atoms with Crippen molar-refractivity contribution < 1.29 is 14.3 Å². The molecule has 4 nitrogen and oxygen atoms in total. The van der Waals surface area contributed by atoms with Crippen molar-refractivity contribution >= 4 is 28.4 Å². The maximum atomic E-state index is 12.5. The van der Waals surface area contributed by atoms with Gasteiger partial charge in [-0.1, -0.05) is 48.5 Å². The van der Waals surface area contributed by atoms with Crippen molar-refractivity contribution in [2.24, 2.45) is 0 Å². The molecule has 0 bridgehead atoms. The molecule has 0 saturated heterocycles. The predicted octanol–water partition coefficient (Wildman–Crippen LogP) is 4.80. The van der Waals surface area contributed by atoms with Crippen LogP contribution in [0.4, 0.5) is 0 Å². The average molecular weight is 396 g/mol. The number of carbonyl (C=O) groups is 1. The number of hydrogen-bond acceptors (Lipinski definition) is 4. The number of amides is 1. The molecule has 0 aliphatic carbocycles. The lowest BCUT2D eigenvalue weighted by Crippen LogP contribution is -2.30. The van der Waals surface area contributed by atoms with E-state index in [1.165, 1.54) is 16.3 Å². The molecule has 0 aromatic heterocycles. The fraction of sp³-hybridized carbons (Fsp3) is 0.261. The molecule has 0 spiro atoms. The van der Waals surface area contributed by atoms with Crippen LogP contribution in [0, 0.1) is 0 Å². The zero-order valence-corrected chi connectivity index (χ0v) is 17.2. The molecule has 0 saturated carbocycles. The van der Waals surface area contributed by atoms with Gasteiger partial charge in [0.2, 0.25) is 5.91 Å². The normalized spacial score (nSPS) is 11.8. The third-order valence-electron chi connectivity index (χ3n) is 4.65. The Kier molecular flexibility index (Phi) is 6.82. The van der Waals surface area contributed by atoms with Crippen LogP contribution in [-0.2, 0) is 17.1 Å². The van der Waals surface area contributed by atoms with Crippen LogP contribution in [0.15, 0.2) is 60.7 Å². The smallest absolute Gasteiger partial charge is 0.233 e. The summed E-state index contributed by atoms with van der Waals surface area (Å²) >= 11 is 1.64. The van der Waals surface area contributed by atoms with E-state index in [0.717, 1.165) is 11.3 Å². The van der Waals surface area contributed by atoms with Gasteiger partial charge >= 0.3 is 0 Å². The van der Waals surface area contributed by atoms with Crippen LogP contribution in [0.5, 0.6) is 11.5 Å². The summed E-state index contributed by atoms with van der Waals surface area (Å²) in [6, 6.07) is 20.3. The summed E-state index contributed by atoms with van der Waals surface area (Å²) < 4.78 is 10.6. The first kappa shape index (κ1) is 20.1. The van der Waals surface area contributed by atoms with Gasteiger partial charge in [-0.15, -0.1) is 11.8 Å². The number of hydrogen-bond donors (Lipinski definition) is 1. The second-order valence-corrected chi connectivity index (χ2v) is 7.83. The highest BCUT2D eigenvalue weighted by Gasteiger charge is 2.14. The molecule has 0 aliphatic heterocycles. The van der Waals surface area contributed by atoms with Crippen molar-refractivity contribution in [3.05, 3.63) is 71.8 Å². The molecule has 146 valence electrons. The van der Waals surface area contributed by atoms with Crippen LogP contribution < -0.4 is 14.8 Å². The quantitative estimate of drug-likeness (QED) is 0.595. The van der Waals surface area contributed by atoms with Gasteiger partial charge in [0.15, 0.2) is 11.5 Å². The number of methoxy groups -OCH3 is 2. The SMILES string of the molecule is COc1ccc(CNC(=O)C(C)SCc2cccc3ccccc23)cc1OC. The highest BCUT2D eigenvalue weighted by atomic mass is 32.2. The third-order valence-corrected chi connectivity index (χ3v) is 5.84. The molecular weight excluding hydrogens is 370 g/mol. The number of rotatable bonds is 8. The summed E-state index contributed by atoms with van der Waals surface area (Å²) in [5, 5.41) is 5.34. The minimum absolute atomic E-state index is 0.0278. The van der Waals surface area contributed by atoms with E-state index >= 15 is 0 Å². The Morgan fingerprint density at radius 2 is 1.75 bits per heavy atom. The van der Waals surface area contributed by atoms with Gasteiger partial charge in [-0.05, 0) is 41.0 Å². The molecule has 1 unspecified atom stereocenters. The van der Waals surface area contributed by atoms with Gasteiger partial charge in [0.1, 0.15) is 0 Å². The van der Waals surface area contributed by atoms with Crippen LogP contribution in [0.3, 0.4) is 0 Å². The molecule has 0 heterocycles. The summed E-state index contributed by atoms with van der Waals surface area (Å²) in [5.74, 6) is 2.16. The van der Waals surface area contributed by atoms with Gasteiger partial charge in [-0.3, -0.25) is 4.79 Å². The van der Waals surface area contributed by atoms with Crippen LogP contribution >= 0.6 is 11.8 Å². The van der Waals surface area contributed by atoms with Crippen molar-refractivity contribution in [3.8, 4) is 11.5 Å². The Morgan fingerprint density at radius 1 is 1.00 bits per heavy atom. The summed E-state index contributed by atoms with van der Waals surface area (Å²) in [4.78, 5) is 12.5. The Morgan fingerprint density at radius 3 is 2.54 bits per heavy atom. The third kappa shape index (κ3) is 4.78. The van der Waals surface area contributed by atoms with Gasteiger partial charge < -0.3 is 14.8 Å². The summed E-state index contributed by atoms with van der Waals surface area (Å²) in [6.07, 6.45) is 0. The highest BCUT2D eigenvalue weighted by molar-refractivity contribution is 7.99. The van der Waals surface area contributed by atoms with Crippen LogP contribution in [0.1, 0.15) is 18.1 Å². The van der Waals surface area contributed by atoms with Crippen molar-refractivity contribution in [1.82, 2.24) is 5.32 Å². The molecule has 1 atom stereocenters. The minimum Gasteiger partial charge on any atom is -0.493 e. The molecule has 3 aromatic rings. The Balaban J connectivity index is 1.56. The van der Waals surface area contributed by atoms with Gasteiger partial charge in [-0.25, -0.2) is 0 Å². The largest absolute Gasteiger partial charge is 0.493 e. The number of thioether (sulfide) groups is 1. The monoisotopic (exact) mass is 395 g/mol. The molecule has 1 N–H and O–H groups in total. The fourth-order valence-corrected chi connectivity index (χ4v) is 3.95. The maximum Gasteiger partial charge on any atom is 0.233 e. The molecule has 0 fully saturated rings. The second kappa shape index (κ2) is 9.51. The van der Waals surface area contributed by atoms with Gasteiger partial charge in [0.05, 0.1) is 19.5 Å². The second-order valence-electron chi connectivity index (χ2n) is 6.50. The average Bonchev–Trinajstić information content (AvgIpc) is 2.75. The van der Waals surface area contributed by atoms with E-state index in [0.29, 0.717) is 18.0 Å². The predicted molar refractivity (Wildman–Crippen MR) is 116 cm³/mol. The van der Waals surface area contributed by atoms with Crippen molar-refractivity contribution in [1.29, 1.82) is 0 Å². The maximum absolute atomic E-state index is 12.5. The van der Waals surface area contributed by atoms with E-state index in [1.807, 2.05) is 31.2 Å². The summed E-state index contributed by atoms with van der Waals surface area (Å²) in [7, 11) is 3.21. The zero-order chi connectivity index (χ0) is 19.9. The van der Waals surface area contributed by atoms with Crippen LogP contribution in [0.2, 0.25) is 0 Å². The molecular formula is C23H25NO3S. The van der Waals surface area contributed by atoms with Gasteiger partial charge in [0, 0.05) is 12.3 Å². The molecule has 3 rings (SSSR count). The fourth-order valence-electron chi connectivity index (χ4n) is 3.03. The topological polar surface area (TPSA) is 47.6 Å². The van der Waals surface area contributed by atoms with Crippen molar-refractivity contribution in [2.45, 2.75) is 24.5 Å². The molecule has 1 amide bonds. The first-order chi connectivity index (χ1) is 13.6. The number of benzene rings is 3. The summed E-state index contributed by atoms with van der Waals surface area (Å²) in [5.41, 5.74) is 2.22. The number of ether oxygens (including phenoxy) is 2. The van der Waals surface area contributed by atoms with E-state index in [-0.39, 0.29) is 11.2 Å². The van der Waals surface area contributed by atoms with E-state index < -0.39 is 0 Å². The first-order valence-electron chi connectivity index (χ1n) is 9.19. The van der Waals surface area contributed by atoms with E-state index in [4.69, 9.17) is 9.47 Å². The standard InChI is InChI=1S/C23H25NO3S/c1-16(28-15-19-9-6-8-18-7-4-5-10-20(18)19)23(25)24-14-17-11-12-21(26-2)22(13-17)27-3/h4-13,16H,14-15H2,1-3H3,(H,24,25). The molecule has 5 heteroatoms. The van der Waals surface area contributed by atoms with Crippen molar-refractivity contribution in [3.63, 3.8) is 0 Å². The lowest BCUT2D eigenvalue weighted by atomic mass is 10.1. The number of fused-ring (bicyclic) bond motifs is 1. The minimum atomic E-state index is -0.140. The van der Waals surface area contributed by atoms with Gasteiger partial charge in [-0.2, -0.15) is 0 Å². The number of carbonyl (C=O) groups excluding carboxylic acids is 1. The van der Waals surface area contributed by atoms with Crippen molar-refractivity contribution in [2.75, 3.05) is 14.2 Å². The Hall–Kier alpha value is -2.66. The van der Waals surface area contributed by atoms with Crippen LogP contribution in [-0.4, -0.2) is 25.4 Å². The van der Waals surface area contributed by atoms with Gasteiger partial charge in [0.25, 0.3) is 0 Å². The van der Waals surface area contributed by atoms with E-state index in [2.05, 4.69) is 41.7 Å². The highest BCUT2D eigenvalue weighted by Crippen LogP contribution is 2.28. The zero-order valence-electron chi connectivity index (χ0n) is 16.4. The van der Waals surface area contributed by atoms with Crippen LogP contribution in [0.25, 0.3) is 10.8 Å². The van der Waals surface area contributed by atoms with E-state index in [1.54, 1.807) is 26.0 Å². The first-order valence-corrected chi connectivity index (χ1v) is 10.2. The molecule has 28 heavy (non-hydrogen) atoms. The Bertz CT molecular complexity index is 952. The van der Waals surface area contributed by atoms with E-state index in [9.17, 15) is 4.79 Å². The number of nitrogens with one attached hydrogen (secondary N) is 1. The Labute approximate surface area is 170 Å². The molecule has 0 radical (unpaired) electrons. The lowest BCUT2D eigenvalue weighted by molar-refractivity contribution is -0.120.